The van der Waals surface area contributed by atoms with E-state index < -0.39 is 11.9 Å². The lowest BCUT2D eigenvalue weighted by molar-refractivity contribution is -0.0462. The van der Waals surface area contributed by atoms with Gasteiger partial charge < -0.3 is 18.8 Å². The summed E-state index contributed by atoms with van der Waals surface area (Å²) in [6.45, 7) is 2.70. The third-order valence-electron chi connectivity index (χ3n) is 4.81. The van der Waals surface area contributed by atoms with Gasteiger partial charge in [-0.3, -0.25) is 4.79 Å². The summed E-state index contributed by atoms with van der Waals surface area (Å²) in [5.74, 6) is -0.114. The van der Waals surface area contributed by atoms with Crippen LogP contribution in [0.5, 0.6) is 5.88 Å². The molecule has 1 amide bonds. The molecule has 2 aliphatic rings. The molecule has 0 N–H and O–H groups in total. The van der Waals surface area contributed by atoms with E-state index in [1.807, 2.05) is 0 Å². The van der Waals surface area contributed by atoms with Crippen molar-refractivity contribution in [2.24, 2.45) is 0 Å². The van der Waals surface area contributed by atoms with E-state index in [1.54, 1.807) is 17.9 Å². The van der Waals surface area contributed by atoms with Crippen LogP contribution in [0.3, 0.4) is 0 Å². The van der Waals surface area contributed by atoms with Crippen molar-refractivity contribution in [1.82, 2.24) is 9.88 Å². The highest BCUT2D eigenvalue weighted by Gasteiger charge is 2.48. The maximum atomic E-state index is 13.9. The van der Waals surface area contributed by atoms with Gasteiger partial charge in [0.25, 0.3) is 11.8 Å². The monoisotopic (exact) mass is 346 g/mol. The second-order valence-corrected chi connectivity index (χ2v) is 6.34. The molecule has 2 saturated heterocycles. The average Bonchev–Trinajstić information content (AvgIpc) is 3.21. The summed E-state index contributed by atoms with van der Waals surface area (Å²) >= 11 is 0. The van der Waals surface area contributed by atoms with Crippen LogP contribution in [0.1, 0.15) is 29.0 Å². The van der Waals surface area contributed by atoms with Gasteiger partial charge in [-0.1, -0.05) is 0 Å². The molecular weight excluding hydrogens is 327 g/mol. The summed E-state index contributed by atoms with van der Waals surface area (Å²) in [6.07, 6.45) is 3.95. The Balaban J connectivity index is 1.59. The van der Waals surface area contributed by atoms with Gasteiger partial charge in [0.05, 0.1) is 24.4 Å². The molecule has 132 valence electrons. The molecule has 0 spiro atoms. The van der Waals surface area contributed by atoms with Gasteiger partial charge in [-0.25, -0.2) is 9.37 Å². The molecule has 4 rings (SSSR count). The van der Waals surface area contributed by atoms with E-state index in [9.17, 15) is 9.18 Å². The second kappa shape index (κ2) is 6.48. The van der Waals surface area contributed by atoms with Crippen molar-refractivity contribution >= 4 is 5.91 Å². The van der Waals surface area contributed by atoms with Gasteiger partial charge in [-0.15, -0.1) is 0 Å². The molecule has 0 bridgehead atoms. The lowest BCUT2D eigenvalue weighted by Gasteiger charge is -2.31. The number of halogens is 1. The standard InChI is InChI=1S/C18H19FN2O4/c1-11-12(6-9-23-11)18(22)21-10-15(16-14(21)5-3-8-24-16)25-17-13(19)4-2-7-20-17/h2,4,6-7,9,14-16H,3,5,8,10H2,1H3/t14-,15+,16+/m0/s1. The molecule has 0 unspecified atom stereocenters. The van der Waals surface area contributed by atoms with Gasteiger partial charge in [-0.2, -0.15) is 0 Å². The number of furan rings is 1. The van der Waals surface area contributed by atoms with Crippen molar-refractivity contribution in [1.29, 1.82) is 0 Å². The Morgan fingerprint density at radius 2 is 2.32 bits per heavy atom. The SMILES string of the molecule is Cc1occc1C(=O)N1C[C@@H](Oc2ncccc2F)[C@@H]2OCCC[C@@H]21. The first-order chi connectivity index (χ1) is 12.1. The van der Waals surface area contributed by atoms with Crippen molar-refractivity contribution < 1.29 is 23.1 Å². The Morgan fingerprint density at radius 1 is 1.44 bits per heavy atom. The van der Waals surface area contributed by atoms with Crippen LogP contribution < -0.4 is 4.74 Å². The number of ether oxygens (including phenoxy) is 2. The highest BCUT2D eigenvalue weighted by atomic mass is 19.1. The Labute approximate surface area is 144 Å². The number of fused-ring (bicyclic) bond motifs is 1. The van der Waals surface area contributed by atoms with E-state index in [1.165, 1.54) is 24.6 Å². The second-order valence-electron chi connectivity index (χ2n) is 6.34. The number of carbonyl (C=O) groups excluding carboxylic acids is 1. The molecule has 2 aliphatic heterocycles. The zero-order valence-electron chi connectivity index (χ0n) is 13.9. The quantitative estimate of drug-likeness (QED) is 0.855. The zero-order valence-corrected chi connectivity index (χ0v) is 13.9. The van der Waals surface area contributed by atoms with E-state index in [0.29, 0.717) is 24.5 Å². The minimum Gasteiger partial charge on any atom is -0.469 e. The number of pyridine rings is 1. The number of hydrogen-bond donors (Lipinski definition) is 0. The van der Waals surface area contributed by atoms with E-state index in [4.69, 9.17) is 13.9 Å². The highest BCUT2D eigenvalue weighted by molar-refractivity contribution is 5.95. The Hall–Kier alpha value is -2.41. The Morgan fingerprint density at radius 3 is 3.08 bits per heavy atom. The van der Waals surface area contributed by atoms with E-state index in [0.717, 1.165) is 12.8 Å². The molecule has 2 aromatic rings. The number of carbonyl (C=O) groups is 1. The zero-order chi connectivity index (χ0) is 17.4. The van der Waals surface area contributed by atoms with Crippen LogP contribution in [0.25, 0.3) is 0 Å². The van der Waals surface area contributed by atoms with Crippen LogP contribution in [-0.2, 0) is 4.74 Å². The summed E-state index contributed by atoms with van der Waals surface area (Å²) in [6, 6.07) is 4.39. The number of likely N-dealkylation sites (tertiary alicyclic amines) is 1. The smallest absolute Gasteiger partial charge is 0.257 e. The summed E-state index contributed by atoms with van der Waals surface area (Å²) in [7, 11) is 0. The predicted octanol–water partition coefficient (Wildman–Crippen LogP) is 2.57. The maximum Gasteiger partial charge on any atom is 0.257 e. The summed E-state index contributed by atoms with van der Waals surface area (Å²) in [5, 5.41) is 0. The third kappa shape index (κ3) is 2.89. The molecule has 7 heteroatoms. The molecule has 0 radical (unpaired) electrons. The first-order valence-corrected chi connectivity index (χ1v) is 8.39. The van der Waals surface area contributed by atoms with Gasteiger partial charge in [0.2, 0.25) is 0 Å². The van der Waals surface area contributed by atoms with Gasteiger partial charge in [0, 0.05) is 12.8 Å². The van der Waals surface area contributed by atoms with Crippen LogP contribution in [0.4, 0.5) is 4.39 Å². The third-order valence-corrected chi connectivity index (χ3v) is 4.81. The number of rotatable bonds is 3. The lowest BCUT2D eigenvalue weighted by atomic mass is 10.0. The number of nitrogens with zero attached hydrogens (tertiary/aromatic N) is 2. The van der Waals surface area contributed by atoms with Crippen LogP contribution in [0.2, 0.25) is 0 Å². The van der Waals surface area contributed by atoms with E-state index in [-0.39, 0.29) is 23.9 Å². The number of aromatic nitrogens is 1. The number of amides is 1. The molecule has 2 fully saturated rings. The van der Waals surface area contributed by atoms with Crippen LogP contribution in [0.15, 0.2) is 35.1 Å². The molecule has 0 saturated carbocycles. The van der Waals surface area contributed by atoms with Crippen LogP contribution in [-0.4, -0.2) is 47.2 Å². The van der Waals surface area contributed by atoms with Crippen molar-refractivity contribution in [3.63, 3.8) is 0 Å². The first-order valence-electron chi connectivity index (χ1n) is 8.39. The first kappa shape index (κ1) is 16.1. The van der Waals surface area contributed by atoms with Crippen LogP contribution in [0, 0.1) is 12.7 Å². The summed E-state index contributed by atoms with van der Waals surface area (Å²) in [4.78, 5) is 18.6. The average molecular weight is 346 g/mol. The summed E-state index contributed by atoms with van der Waals surface area (Å²) < 4.78 is 30.8. The minimum atomic E-state index is -0.523. The van der Waals surface area contributed by atoms with Crippen molar-refractivity contribution in [3.8, 4) is 5.88 Å². The van der Waals surface area contributed by atoms with Gasteiger partial charge in [-0.05, 0) is 38.0 Å². The molecule has 3 atom stereocenters. The lowest BCUT2D eigenvalue weighted by Crippen LogP contribution is -2.44. The van der Waals surface area contributed by atoms with Gasteiger partial charge in [0.1, 0.15) is 18.0 Å². The molecular formula is C18H19FN2O4. The Bertz CT molecular complexity index is 778. The Kier molecular flexibility index (Phi) is 4.17. The topological polar surface area (TPSA) is 64.8 Å². The molecule has 4 heterocycles. The fourth-order valence-electron chi connectivity index (χ4n) is 3.61. The van der Waals surface area contributed by atoms with Crippen molar-refractivity contribution in [3.05, 3.63) is 47.8 Å². The number of aryl methyl sites for hydroxylation is 1. The summed E-state index contributed by atoms with van der Waals surface area (Å²) in [5.41, 5.74) is 0.536. The largest absolute Gasteiger partial charge is 0.469 e. The van der Waals surface area contributed by atoms with Gasteiger partial charge in [0.15, 0.2) is 5.82 Å². The molecule has 25 heavy (non-hydrogen) atoms. The fraction of sp³-hybridized carbons (Fsp3) is 0.444. The van der Waals surface area contributed by atoms with Crippen molar-refractivity contribution in [2.75, 3.05) is 13.2 Å². The molecule has 0 aromatic carbocycles. The van der Waals surface area contributed by atoms with Crippen molar-refractivity contribution in [2.45, 2.75) is 38.0 Å². The molecule has 2 aromatic heterocycles. The molecule has 0 aliphatic carbocycles. The minimum absolute atomic E-state index is 0.0609. The number of hydrogen-bond acceptors (Lipinski definition) is 5. The maximum absolute atomic E-state index is 13.9. The van der Waals surface area contributed by atoms with Gasteiger partial charge >= 0.3 is 0 Å². The predicted molar refractivity (Wildman–Crippen MR) is 85.9 cm³/mol. The van der Waals surface area contributed by atoms with E-state index >= 15 is 0 Å². The normalized spacial score (nSPS) is 25.7. The van der Waals surface area contributed by atoms with E-state index in [2.05, 4.69) is 4.98 Å². The van der Waals surface area contributed by atoms with Crippen LogP contribution >= 0.6 is 0 Å². The molecule has 6 nitrogen and oxygen atoms in total. The fourth-order valence-corrected chi connectivity index (χ4v) is 3.61. The highest BCUT2D eigenvalue weighted by Crippen LogP contribution is 2.33.